The molecule has 1 aliphatic rings. The summed E-state index contributed by atoms with van der Waals surface area (Å²) in [6.07, 6.45) is 2.74. The summed E-state index contributed by atoms with van der Waals surface area (Å²) in [5, 5.41) is 0.168. The maximum atomic E-state index is 12.5. The van der Waals surface area contributed by atoms with Crippen molar-refractivity contribution in [2.75, 3.05) is 21.3 Å². The fraction of sp³-hybridized carbons (Fsp3) is 0.750. The molecule has 0 spiro atoms. The number of hydrogen-bond acceptors (Lipinski definition) is 6. The van der Waals surface area contributed by atoms with E-state index >= 15 is 0 Å². The van der Waals surface area contributed by atoms with Crippen LogP contribution >= 0.6 is 0 Å². The Morgan fingerprint density at radius 2 is 1.52 bits per heavy atom. The molecule has 0 aromatic carbocycles. The molecule has 0 aromatic rings. The average Bonchev–Trinajstić information content (AvgIpc) is 2.97. The van der Waals surface area contributed by atoms with Crippen LogP contribution in [0.25, 0.3) is 0 Å². The highest BCUT2D eigenvalue weighted by atomic mass is 28.3. The fourth-order valence-electron chi connectivity index (χ4n) is 3.42. The number of esters is 3. The van der Waals surface area contributed by atoms with Gasteiger partial charge < -0.3 is 14.2 Å². The van der Waals surface area contributed by atoms with Crippen molar-refractivity contribution in [2.45, 2.75) is 58.2 Å². The summed E-state index contributed by atoms with van der Waals surface area (Å²) in [6, 6.07) is 0. The molecule has 1 fully saturated rings. The van der Waals surface area contributed by atoms with Crippen LogP contribution in [0, 0.1) is 17.3 Å². The SMILES string of the molecule is COC(=O)CC1CC(C(=O)OC)(C(=O)OC)C[C@@H]1/C=C\[Si](C)(C)C(C)(C)C. The molecule has 7 heteroatoms. The molecular weight excluding hydrogens is 364 g/mol. The summed E-state index contributed by atoms with van der Waals surface area (Å²) >= 11 is 0. The summed E-state index contributed by atoms with van der Waals surface area (Å²) in [5.41, 5.74) is 0.886. The Morgan fingerprint density at radius 3 is 1.93 bits per heavy atom. The molecule has 27 heavy (non-hydrogen) atoms. The van der Waals surface area contributed by atoms with E-state index in [9.17, 15) is 14.4 Å². The Morgan fingerprint density at radius 1 is 1.00 bits per heavy atom. The van der Waals surface area contributed by atoms with E-state index in [-0.39, 0.29) is 42.1 Å². The van der Waals surface area contributed by atoms with Crippen LogP contribution < -0.4 is 0 Å². The van der Waals surface area contributed by atoms with Crippen molar-refractivity contribution < 1.29 is 28.6 Å². The van der Waals surface area contributed by atoms with Crippen LogP contribution in [-0.2, 0) is 28.6 Å². The van der Waals surface area contributed by atoms with Gasteiger partial charge >= 0.3 is 17.9 Å². The lowest BCUT2D eigenvalue weighted by Gasteiger charge is -2.34. The van der Waals surface area contributed by atoms with E-state index in [0.717, 1.165) is 0 Å². The maximum Gasteiger partial charge on any atom is 0.323 e. The van der Waals surface area contributed by atoms with E-state index in [4.69, 9.17) is 14.2 Å². The number of methoxy groups -OCH3 is 3. The first-order chi connectivity index (χ1) is 12.3. The zero-order chi connectivity index (χ0) is 21.0. The van der Waals surface area contributed by atoms with Crippen molar-refractivity contribution in [3.05, 3.63) is 11.8 Å². The maximum absolute atomic E-state index is 12.5. The molecule has 0 radical (unpaired) electrons. The molecule has 0 N–H and O–H groups in total. The van der Waals surface area contributed by atoms with E-state index in [1.54, 1.807) is 0 Å². The molecule has 1 aliphatic carbocycles. The molecule has 0 saturated heterocycles. The third-order valence-electron chi connectivity index (χ3n) is 6.30. The Labute approximate surface area is 163 Å². The minimum atomic E-state index is -1.70. The molecule has 1 saturated carbocycles. The normalized spacial score (nSPS) is 22.5. The smallest absolute Gasteiger partial charge is 0.323 e. The first kappa shape index (κ1) is 23.4. The predicted molar refractivity (Wildman–Crippen MR) is 106 cm³/mol. The highest BCUT2D eigenvalue weighted by Gasteiger charge is 2.57. The van der Waals surface area contributed by atoms with Gasteiger partial charge in [-0.15, -0.1) is 0 Å². The second-order valence-electron chi connectivity index (χ2n) is 9.01. The zero-order valence-corrected chi connectivity index (χ0v) is 18.9. The van der Waals surface area contributed by atoms with Crippen LogP contribution in [0.5, 0.6) is 0 Å². The van der Waals surface area contributed by atoms with E-state index in [1.165, 1.54) is 21.3 Å². The van der Waals surface area contributed by atoms with Gasteiger partial charge in [0.1, 0.15) is 0 Å². The quantitative estimate of drug-likeness (QED) is 0.295. The molecule has 2 atom stereocenters. The van der Waals surface area contributed by atoms with E-state index < -0.39 is 25.4 Å². The number of ether oxygens (including phenoxy) is 3. The lowest BCUT2D eigenvalue weighted by molar-refractivity contribution is -0.169. The van der Waals surface area contributed by atoms with Crippen molar-refractivity contribution in [2.24, 2.45) is 17.3 Å². The summed E-state index contributed by atoms with van der Waals surface area (Å²) < 4.78 is 14.6. The zero-order valence-electron chi connectivity index (χ0n) is 17.9. The van der Waals surface area contributed by atoms with Crippen LogP contribution in [-0.4, -0.2) is 47.3 Å². The van der Waals surface area contributed by atoms with Crippen molar-refractivity contribution in [1.29, 1.82) is 0 Å². The molecule has 1 unspecified atom stereocenters. The highest BCUT2D eigenvalue weighted by Crippen LogP contribution is 2.50. The second kappa shape index (κ2) is 8.58. The molecular formula is C20H34O6Si. The van der Waals surface area contributed by atoms with Crippen molar-refractivity contribution >= 4 is 26.0 Å². The van der Waals surface area contributed by atoms with Gasteiger partial charge in [-0.25, -0.2) is 0 Å². The minimum Gasteiger partial charge on any atom is -0.469 e. The van der Waals surface area contributed by atoms with E-state index in [1.807, 2.05) is 0 Å². The molecule has 154 valence electrons. The lowest BCUT2D eigenvalue weighted by Crippen LogP contribution is -2.39. The van der Waals surface area contributed by atoms with Gasteiger partial charge in [0.2, 0.25) is 0 Å². The van der Waals surface area contributed by atoms with Crippen LogP contribution in [0.2, 0.25) is 18.1 Å². The van der Waals surface area contributed by atoms with Gasteiger partial charge in [-0.3, -0.25) is 14.4 Å². The second-order valence-corrected chi connectivity index (χ2v) is 14.3. The van der Waals surface area contributed by atoms with Gasteiger partial charge in [0.25, 0.3) is 0 Å². The van der Waals surface area contributed by atoms with Crippen LogP contribution in [0.3, 0.4) is 0 Å². The van der Waals surface area contributed by atoms with E-state index in [0.29, 0.717) is 0 Å². The van der Waals surface area contributed by atoms with E-state index in [2.05, 4.69) is 45.6 Å². The largest absolute Gasteiger partial charge is 0.469 e. The van der Waals surface area contributed by atoms with Crippen LogP contribution in [0.1, 0.15) is 40.0 Å². The Kier molecular flexibility index (Phi) is 7.44. The third kappa shape index (κ3) is 5.00. The third-order valence-corrected chi connectivity index (χ3v) is 11.2. The molecule has 6 nitrogen and oxygen atoms in total. The summed E-state index contributed by atoms with van der Waals surface area (Å²) in [6.45, 7) is 11.2. The molecule has 0 heterocycles. The monoisotopic (exact) mass is 398 g/mol. The summed E-state index contributed by atoms with van der Waals surface area (Å²) in [5.74, 6) is -1.84. The van der Waals surface area contributed by atoms with Crippen LogP contribution in [0.4, 0.5) is 0 Å². The topological polar surface area (TPSA) is 78.9 Å². The number of allylic oxidation sites excluding steroid dienone is 1. The van der Waals surface area contributed by atoms with Crippen molar-refractivity contribution in [3.8, 4) is 0 Å². The first-order valence-electron chi connectivity index (χ1n) is 9.27. The van der Waals surface area contributed by atoms with Gasteiger partial charge in [0, 0.05) is 6.42 Å². The Bertz CT molecular complexity index is 586. The average molecular weight is 399 g/mol. The summed E-state index contributed by atoms with van der Waals surface area (Å²) in [7, 11) is 2.17. The highest BCUT2D eigenvalue weighted by molar-refractivity contribution is 6.84. The molecule has 0 bridgehead atoms. The van der Waals surface area contributed by atoms with Gasteiger partial charge in [0.15, 0.2) is 5.41 Å². The van der Waals surface area contributed by atoms with Crippen molar-refractivity contribution in [3.63, 3.8) is 0 Å². The summed E-state index contributed by atoms with van der Waals surface area (Å²) in [4.78, 5) is 36.9. The number of carbonyl (C=O) groups excluding carboxylic acids is 3. The molecule has 0 amide bonds. The Hall–Kier alpha value is -1.63. The van der Waals surface area contributed by atoms with Gasteiger partial charge in [-0.05, 0) is 29.7 Å². The standard InChI is InChI=1S/C20H34O6Si/c1-19(2,3)27(7,8)10-9-14-12-20(17(22)25-5,18(23)26-6)13-15(14)11-16(21)24-4/h9-10,14-15H,11-13H2,1-8H3/b10-9-/t14-,15?/m0/s1. The fourth-order valence-corrected chi connectivity index (χ4v) is 4.65. The predicted octanol–water partition coefficient (Wildman–Crippen LogP) is 3.51. The molecule has 0 aromatic heterocycles. The number of carbonyl (C=O) groups is 3. The molecule has 0 aliphatic heterocycles. The number of rotatable bonds is 6. The lowest BCUT2D eigenvalue weighted by atomic mass is 9.84. The van der Waals surface area contributed by atoms with Gasteiger partial charge in [-0.1, -0.05) is 45.6 Å². The van der Waals surface area contributed by atoms with Crippen LogP contribution in [0.15, 0.2) is 11.8 Å². The minimum absolute atomic E-state index is 0.101. The van der Waals surface area contributed by atoms with Crippen molar-refractivity contribution in [1.82, 2.24) is 0 Å². The Balaban J connectivity index is 3.27. The van der Waals surface area contributed by atoms with Gasteiger partial charge in [-0.2, -0.15) is 0 Å². The number of hydrogen-bond donors (Lipinski definition) is 0. The molecule has 1 rings (SSSR count). The van der Waals surface area contributed by atoms with Gasteiger partial charge in [0.05, 0.1) is 29.4 Å². The first-order valence-corrected chi connectivity index (χ1v) is 12.4.